The molecule has 0 aromatic carbocycles. The van der Waals surface area contributed by atoms with Gasteiger partial charge in [0, 0.05) is 25.4 Å². The summed E-state index contributed by atoms with van der Waals surface area (Å²) in [7, 11) is 0. The van der Waals surface area contributed by atoms with E-state index in [4.69, 9.17) is 11.1 Å². The third-order valence-electron chi connectivity index (χ3n) is 1.20. The van der Waals surface area contributed by atoms with Crippen LogP contribution in [0.25, 0.3) is 0 Å². The van der Waals surface area contributed by atoms with Gasteiger partial charge in [0.15, 0.2) is 0 Å². The van der Waals surface area contributed by atoms with E-state index in [2.05, 4.69) is 4.98 Å². The molecule has 0 saturated carbocycles. The molecule has 6 heteroatoms. The minimum absolute atomic E-state index is 0. The van der Waals surface area contributed by atoms with Crippen molar-refractivity contribution in [2.45, 2.75) is 13.0 Å². The Kier molecular flexibility index (Phi) is 7.99. The summed E-state index contributed by atoms with van der Waals surface area (Å²) in [4.78, 5) is 3.85. The maximum Gasteiger partial charge on any atom is 0.0946 e. The summed E-state index contributed by atoms with van der Waals surface area (Å²) in [5, 5.41) is 6.94. The van der Waals surface area contributed by atoms with Gasteiger partial charge in [0.1, 0.15) is 0 Å². The molecule has 0 saturated heterocycles. The smallest absolute Gasteiger partial charge is 0.0946 e. The highest BCUT2D eigenvalue weighted by Crippen LogP contribution is 1.88. The molecule has 1 rings (SSSR count). The number of hydrogen-bond donors (Lipinski definition) is 2. The van der Waals surface area contributed by atoms with Gasteiger partial charge in [-0.15, -0.1) is 24.8 Å². The monoisotopic (exact) mass is 210 g/mol. The molecular formula is C6H12Cl2N4. The summed E-state index contributed by atoms with van der Waals surface area (Å²) in [5.74, 6) is 0.216. The Morgan fingerprint density at radius 2 is 2.17 bits per heavy atom. The number of hydrogen-bond acceptors (Lipinski definition) is 2. The first-order valence-corrected chi connectivity index (χ1v) is 3.07. The SMILES string of the molecule is Cl.Cl.N=C(N)CCn1ccnc1. The Hall–Kier alpha value is -0.740. The fourth-order valence-corrected chi connectivity index (χ4v) is 0.669. The van der Waals surface area contributed by atoms with Gasteiger partial charge >= 0.3 is 0 Å². The van der Waals surface area contributed by atoms with Crippen LogP contribution in [0.2, 0.25) is 0 Å². The van der Waals surface area contributed by atoms with Crippen LogP contribution in [0.4, 0.5) is 0 Å². The van der Waals surface area contributed by atoms with Crippen LogP contribution in [0.15, 0.2) is 18.7 Å². The van der Waals surface area contributed by atoms with Gasteiger partial charge in [-0.25, -0.2) is 4.98 Å². The number of nitrogens with zero attached hydrogens (tertiary/aromatic N) is 2. The minimum Gasteiger partial charge on any atom is -0.388 e. The summed E-state index contributed by atoms with van der Waals surface area (Å²) in [6.45, 7) is 0.745. The Bertz CT molecular complexity index is 209. The van der Waals surface area contributed by atoms with Crippen molar-refractivity contribution in [2.75, 3.05) is 0 Å². The summed E-state index contributed by atoms with van der Waals surface area (Å²) in [5.41, 5.74) is 5.16. The first-order valence-electron chi connectivity index (χ1n) is 3.07. The summed E-state index contributed by atoms with van der Waals surface area (Å²) in [6, 6.07) is 0. The first-order chi connectivity index (χ1) is 4.79. The fraction of sp³-hybridized carbons (Fsp3) is 0.333. The fourth-order valence-electron chi connectivity index (χ4n) is 0.669. The Morgan fingerprint density at radius 1 is 1.50 bits per heavy atom. The second-order valence-corrected chi connectivity index (χ2v) is 2.08. The second-order valence-electron chi connectivity index (χ2n) is 2.08. The van der Waals surface area contributed by atoms with E-state index in [9.17, 15) is 0 Å². The maximum absolute atomic E-state index is 6.94. The van der Waals surface area contributed by atoms with Crippen LogP contribution in [-0.2, 0) is 6.54 Å². The Balaban J connectivity index is 0. The van der Waals surface area contributed by atoms with Crippen LogP contribution < -0.4 is 5.73 Å². The van der Waals surface area contributed by atoms with E-state index >= 15 is 0 Å². The number of nitrogens with two attached hydrogens (primary N) is 1. The molecule has 0 aliphatic heterocycles. The molecule has 0 radical (unpaired) electrons. The van der Waals surface area contributed by atoms with E-state index in [0.29, 0.717) is 6.42 Å². The number of halogens is 2. The van der Waals surface area contributed by atoms with Gasteiger partial charge in [-0.05, 0) is 0 Å². The standard InChI is InChI=1S/C6H10N4.2ClH/c7-6(8)1-3-10-4-2-9-5-10;;/h2,4-5H,1,3H2,(H3,7,8);2*1H. The summed E-state index contributed by atoms with van der Waals surface area (Å²) < 4.78 is 1.89. The molecule has 0 aliphatic rings. The van der Waals surface area contributed by atoms with E-state index < -0.39 is 0 Å². The van der Waals surface area contributed by atoms with Crippen molar-refractivity contribution in [2.24, 2.45) is 5.73 Å². The third-order valence-corrected chi connectivity index (χ3v) is 1.20. The van der Waals surface area contributed by atoms with E-state index in [1.807, 2.05) is 10.8 Å². The van der Waals surface area contributed by atoms with Gasteiger partial charge in [-0.2, -0.15) is 0 Å². The van der Waals surface area contributed by atoms with Crippen molar-refractivity contribution in [1.82, 2.24) is 9.55 Å². The topological polar surface area (TPSA) is 67.7 Å². The Morgan fingerprint density at radius 3 is 2.58 bits per heavy atom. The van der Waals surface area contributed by atoms with Gasteiger partial charge < -0.3 is 10.3 Å². The lowest BCUT2D eigenvalue weighted by Gasteiger charge is -1.98. The largest absolute Gasteiger partial charge is 0.388 e. The molecule has 0 spiro atoms. The molecule has 0 bridgehead atoms. The normalized spacial score (nSPS) is 8.00. The van der Waals surface area contributed by atoms with Crippen LogP contribution in [0, 0.1) is 5.41 Å². The molecule has 1 aromatic rings. The highest BCUT2D eigenvalue weighted by atomic mass is 35.5. The molecule has 0 atom stereocenters. The highest BCUT2D eigenvalue weighted by molar-refractivity contribution is 5.85. The van der Waals surface area contributed by atoms with Gasteiger partial charge in [0.2, 0.25) is 0 Å². The number of aromatic nitrogens is 2. The zero-order valence-electron chi connectivity index (χ0n) is 6.43. The lowest BCUT2D eigenvalue weighted by Crippen LogP contribution is -2.12. The Labute approximate surface area is 83.5 Å². The number of rotatable bonds is 3. The predicted molar refractivity (Wildman–Crippen MR) is 53.3 cm³/mol. The lowest BCUT2D eigenvalue weighted by molar-refractivity contribution is 0.720. The lowest BCUT2D eigenvalue weighted by atomic mass is 10.4. The molecule has 0 aliphatic carbocycles. The predicted octanol–water partition coefficient (Wildman–Crippen LogP) is 1.05. The van der Waals surface area contributed by atoms with Crippen LogP contribution in [-0.4, -0.2) is 15.4 Å². The number of aryl methyl sites for hydroxylation is 1. The molecule has 70 valence electrons. The number of amidine groups is 1. The number of nitrogens with one attached hydrogen (secondary N) is 1. The van der Waals surface area contributed by atoms with Crippen molar-refractivity contribution in [1.29, 1.82) is 5.41 Å². The maximum atomic E-state index is 6.94. The second kappa shape index (κ2) is 6.94. The van der Waals surface area contributed by atoms with Gasteiger partial charge in [0.05, 0.1) is 12.2 Å². The molecule has 1 heterocycles. The van der Waals surface area contributed by atoms with Crippen molar-refractivity contribution < 1.29 is 0 Å². The average molecular weight is 211 g/mol. The average Bonchev–Trinajstić information content (AvgIpc) is 2.34. The zero-order chi connectivity index (χ0) is 7.40. The van der Waals surface area contributed by atoms with E-state index in [-0.39, 0.29) is 30.6 Å². The molecule has 0 amide bonds. The minimum atomic E-state index is 0. The number of imidazole rings is 1. The van der Waals surface area contributed by atoms with Gasteiger partial charge in [0.25, 0.3) is 0 Å². The van der Waals surface area contributed by atoms with E-state index in [1.165, 1.54) is 0 Å². The van der Waals surface area contributed by atoms with Crippen molar-refractivity contribution in [3.05, 3.63) is 18.7 Å². The molecular weight excluding hydrogens is 199 g/mol. The summed E-state index contributed by atoms with van der Waals surface area (Å²) >= 11 is 0. The van der Waals surface area contributed by atoms with E-state index in [1.54, 1.807) is 12.5 Å². The summed E-state index contributed by atoms with van der Waals surface area (Å²) in [6.07, 6.45) is 5.86. The third kappa shape index (κ3) is 4.98. The molecule has 1 aromatic heterocycles. The molecule has 0 unspecified atom stereocenters. The quantitative estimate of drug-likeness (QED) is 0.579. The first kappa shape index (κ1) is 13.8. The van der Waals surface area contributed by atoms with E-state index in [0.717, 1.165) is 6.54 Å². The molecule has 3 N–H and O–H groups in total. The van der Waals surface area contributed by atoms with Crippen molar-refractivity contribution >= 4 is 30.6 Å². The van der Waals surface area contributed by atoms with Crippen LogP contribution in [0.5, 0.6) is 0 Å². The van der Waals surface area contributed by atoms with Gasteiger partial charge in [-0.3, -0.25) is 5.41 Å². The molecule has 12 heavy (non-hydrogen) atoms. The van der Waals surface area contributed by atoms with Gasteiger partial charge in [-0.1, -0.05) is 0 Å². The van der Waals surface area contributed by atoms with Crippen molar-refractivity contribution in [3.63, 3.8) is 0 Å². The highest BCUT2D eigenvalue weighted by Gasteiger charge is 1.90. The molecule has 0 fully saturated rings. The van der Waals surface area contributed by atoms with Crippen LogP contribution in [0.1, 0.15) is 6.42 Å². The van der Waals surface area contributed by atoms with Crippen molar-refractivity contribution in [3.8, 4) is 0 Å². The van der Waals surface area contributed by atoms with Crippen LogP contribution in [0.3, 0.4) is 0 Å². The molecule has 4 nitrogen and oxygen atoms in total. The zero-order valence-corrected chi connectivity index (χ0v) is 8.07. The van der Waals surface area contributed by atoms with Crippen LogP contribution >= 0.6 is 24.8 Å².